The number of nitrogens with one attached hydrogen (secondary N) is 2. The molecule has 0 saturated heterocycles. The average molecular weight is 430 g/mol. The van der Waals surface area contributed by atoms with Gasteiger partial charge >= 0.3 is 6.03 Å². The van der Waals surface area contributed by atoms with Crippen LogP contribution in [-0.4, -0.2) is 19.6 Å². The van der Waals surface area contributed by atoms with E-state index in [1.807, 2.05) is 36.4 Å². The van der Waals surface area contributed by atoms with Gasteiger partial charge < -0.3 is 15.5 Å². The van der Waals surface area contributed by atoms with E-state index < -0.39 is 0 Å². The maximum absolute atomic E-state index is 13.0. The van der Waals surface area contributed by atoms with Crippen molar-refractivity contribution in [3.8, 4) is 0 Å². The summed E-state index contributed by atoms with van der Waals surface area (Å²) in [6.45, 7) is 9.11. The van der Waals surface area contributed by atoms with Crippen LogP contribution in [-0.2, 0) is 0 Å². The number of para-hydroxylation sites is 2. The van der Waals surface area contributed by atoms with Crippen molar-refractivity contribution >= 4 is 17.4 Å². The van der Waals surface area contributed by atoms with Gasteiger partial charge in [0.2, 0.25) is 0 Å². The Hall–Kier alpha value is -3.27. The summed E-state index contributed by atoms with van der Waals surface area (Å²) in [4.78, 5) is 15.2. The molecule has 0 aliphatic heterocycles. The molecule has 0 saturated carbocycles. The van der Waals surface area contributed by atoms with Crippen molar-refractivity contribution in [2.75, 3.05) is 23.8 Å². The van der Waals surface area contributed by atoms with Crippen molar-refractivity contribution in [1.82, 2.24) is 5.32 Å². The predicted octanol–water partition coefficient (Wildman–Crippen LogP) is 6.93. The first-order chi connectivity index (χ1) is 15.4. The molecule has 32 heavy (non-hydrogen) atoms. The lowest BCUT2D eigenvalue weighted by molar-refractivity contribution is 0.251. The number of rotatable bonds is 8. The van der Waals surface area contributed by atoms with Gasteiger partial charge in [-0.3, -0.25) is 0 Å². The predicted molar refractivity (Wildman–Crippen MR) is 136 cm³/mol. The minimum atomic E-state index is -0.178. The second-order valence-corrected chi connectivity index (χ2v) is 8.83. The number of anilines is 2. The van der Waals surface area contributed by atoms with Crippen LogP contribution in [0.25, 0.3) is 0 Å². The molecule has 0 radical (unpaired) electrons. The maximum Gasteiger partial charge on any atom is 0.319 e. The molecule has 0 aromatic heterocycles. The van der Waals surface area contributed by atoms with Gasteiger partial charge in [-0.05, 0) is 40.7 Å². The second kappa shape index (κ2) is 10.9. The summed E-state index contributed by atoms with van der Waals surface area (Å²) >= 11 is 0. The molecule has 3 aromatic carbocycles. The number of nitrogens with zero attached hydrogens (tertiary/aromatic N) is 1. The van der Waals surface area contributed by atoms with E-state index in [1.54, 1.807) is 0 Å². The lowest BCUT2D eigenvalue weighted by atomic mass is 9.93. The lowest BCUT2D eigenvalue weighted by Gasteiger charge is -2.31. The van der Waals surface area contributed by atoms with E-state index in [2.05, 4.69) is 92.7 Å². The molecule has 2 N–H and O–H groups in total. The Balaban J connectivity index is 1.79. The zero-order chi connectivity index (χ0) is 23.1. The Kier molecular flexibility index (Phi) is 7.93. The molecule has 0 unspecified atom stereocenters. The van der Waals surface area contributed by atoms with Gasteiger partial charge in [-0.15, -0.1) is 0 Å². The molecule has 2 amide bonds. The minimum Gasteiger partial charge on any atom is -0.366 e. The summed E-state index contributed by atoms with van der Waals surface area (Å²) in [6, 6.07) is 26.7. The maximum atomic E-state index is 13.0. The number of benzene rings is 3. The molecule has 0 spiro atoms. The van der Waals surface area contributed by atoms with E-state index in [4.69, 9.17) is 0 Å². The minimum absolute atomic E-state index is 0.00858. The fourth-order valence-electron chi connectivity index (χ4n) is 4.04. The fourth-order valence-corrected chi connectivity index (χ4v) is 4.04. The van der Waals surface area contributed by atoms with Crippen molar-refractivity contribution < 1.29 is 4.79 Å². The van der Waals surface area contributed by atoms with E-state index in [9.17, 15) is 4.79 Å². The van der Waals surface area contributed by atoms with E-state index in [-0.39, 0.29) is 12.1 Å². The summed E-state index contributed by atoms with van der Waals surface area (Å²) < 4.78 is 0. The van der Waals surface area contributed by atoms with Gasteiger partial charge in [0.25, 0.3) is 0 Å². The Labute approximate surface area is 192 Å². The van der Waals surface area contributed by atoms with E-state index in [0.29, 0.717) is 18.4 Å². The highest BCUT2D eigenvalue weighted by Gasteiger charge is 2.20. The van der Waals surface area contributed by atoms with Crippen LogP contribution in [0.5, 0.6) is 0 Å². The van der Waals surface area contributed by atoms with Crippen LogP contribution in [0.3, 0.4) is 0 Å². The monoisotopic (exact) mass is 429 g/mol. The van der Waals surface area contributed by atoms with Gasteiger partial charge in [0.15, 0.2) is 0 Å². The Bertz CT molecular complexity index is 973. The van der Waals surface area contributed by atoms with Gasteiger partial charge in [0, 0.05) is 25.0 Å². The Morgan fingerprint density at radius 3 is 1.84 bits per heavy atom. The summed E-state index contributed by atoms with van der Waals surface area (Å²) in [5.41, 5.74) is 5.52. The summed E-state index contributed by atoms with van der Waals surface area (Å²) in [5, 5.41) is 6.28. The van der Waals surface area contributed by atoms with Crippen LogP contribution in [0.2, 0.25) is 0 Å². The molecule has 3 rings (SSSR count). The topological polar surface area (TPSA) is 44.4 Å². The highest BCUT2D eigenvalue weighted by molar-refractivity contribution is 5.91. The molecule has 4 nitrogen and oxygen atoms in total. The highest BCUT2D eigenvalue weighted by Crippen LogP contribution is 2.32. The number of hydrogen-bond acceptors (Lipinski definition) is 2. The van der Waals surface area contributed by atoms with Crippen LogP contribution < -0.4 is 15.5 Å². The fraction of sp³-hybridized carbons (Fsp3) is 0.321. The summed E-state index contributed by atoms with van der Waals surface area (Å²) in [5.74, 6) is 0.649. The van der Waals surface area contributed by atoms with Crippen molar-refractivity contribution in [2.45, 2.75) is 45.6 Å². The first-order valence-electron chi connectivity index (χ1n) is 11.4. The van der Waals surface area contributed by atoms with Crippen LogP contribution in [0.4, 0.5) is 16.2 Å². The van der Waals surface area contributed by atoms with Crippen molar-refractivity contribution in [1.29, 1.82) is 0 Å². The van der Waals surface area contributed by atoms with Crippen molar-refractivity contribution in [3.05, 3.63) is 95.6 Å². The van der Waals surface area contributed by atoms with Gasteiger partial charge in [-0.1, -0.05) is 94.4 Å². The Morgan fingerprint density at radius 1 is 0.781 bits per heavy atom. The second-order valence-electron chi connectivity index (χ2n) is 8.83. The van der Waals surface area contributed by atoms with Crippen molar-refractivity contribution in [2.24, 2.45) is 0 Å². The highest BCUT2D eigenvalue weighted by atomic mass is 16.2. The summed E-state index contributed by atoms with van der Waals surface area (Å²) in [7, 11) is 2.07. The normalized spacial score (nSPS) is 12.0. The number of likely N-dealkylation sites (N-methyl/N-ethyl adjacent to an activating group) is 1. The van der Waals surface area contributed by atoms with Crippen LogP contribution >= 0.6 is 0 Å². The largest absolute Gasteiger partial charge is 0.366 e. The molecule has 0 aliphatic carbocycles. The molecule has 0 fully saturated rings. The third-order valence-corrected chi connectivity index (χ3v) is 5.88. The molecule has 0 bridgehead atoms. The number of urea groups is 1. The number of carbonyl (C=O) groups is 1. The molecule has 3 aromatic rings. The molecule has 168 valence electrons. The van der Waals surface area contributed by atoms with E-state index in [0.717, 1.165) is 28.1 Å². The first-order valence-corrected chi connectivity index (χ1v) is 11.4. The van der Waals surface area contributed by atoms with Crippen molar-refractivity contribution in [3.63, 3.8) is 0 Å². The lowest BCUT2D eigenvalue weighted by Crippen LogP contribution is -2.38. The molecule has 0 heterocycles. The molecule has 1 atom stereocenters. The SMILES string of the molecule is CC(C)c1cccc(C(C)C)c1NC(=O)NC[C@H](c1ccccc1)N(C)c1ccccc1. The first kappa shape index (κ1) is 23.4. The number of hydrogen-bond donors (Lipinski definition) is 2. The van der Waals surface area contributed by atoms with Crippen LogP contribution in [0.15, 0.2) is 78.9 Å². The third-order valence-electron chi connectivity index (χ3n) is 5.88. The zero-order valence-corrected chi connectivity index (χ0v) is 19.8. The average Bonchev–Trinajstić information content (AvgIpc) is 2.80. The Morgan fingerprint density at radius 2 is 1.31 bits per heavy atom. The number of carbonyl (C=O) groups excluding carboxylic acids is 1. The summed E-state index contributed by atoms with van der Waals surface area (Å²) in [6.07, 6.45) is 0. The third kappa shape index (κ3) is 5.70. The molecular weight excluding hydrogens is 394 g/mol. The van der Waals surface area contributed by atoms with Gasteiger partial charge in [0.1, 0.15) is 0 Å². The van der Waals surface area contributed by atoms with E-state index >= 15 is 0 Å². The van der Waals surface area contributed by atoms with Gasteiger partial charge in [0.05, 0.1) is 6.04 Å². The van der Waals surface area contributed by atoms with Crippen LogP contribution in [0, 0.1) is 0 Å². The molecule has 4 heteroatoms. The van der Waals surface area contributed by atoms with Crippen LogP contribution in [0.1, 0.15) is 62.3 Å². The van der Waals surface area contributed by atoms with E-state index in [1.165, 1.54) is 0 Å². The smallest absolute Gasteiger partial charge is 0.319 e. The molecular formula is C28H35N3O. The zero-order valence-electron chi connectivity index (χ0n) is 19.8. The van der Waals surface area contributed by atoms with Gasteiger partial charge in [-0.25, -0.2) is 4.79 Å². The number of amides is 2. The standard InChI is InChI=1S/C28H35N3O/c1-20(2)24-17-12-18-25(21(3)4)27(24)30-28(32)29-19-26(22-13-8-6-9-14-22)31(5)23-15-10-7-11-16-23/h6-18,20-21,26H,19H2,1-5H3,(H2,29,30,32)/t26-/m1/s1. The quantitative estimate of drug-likeness (QED) is 0.408. The van der Waals surface area contributed by atoms with Gasteiger partial charge in [-0.2, -0.15) is 0 Å². The molecule has 0 aliphatic rings.